The van der Waals surface area contributed by atoms with Gasteiger partial charge in [0, 0.05) is 18.7 Å². The van der Waals surface area contributed by atoms with Gasteiger partial charge in [-0.3, -0.25) is 4.79 Å². The Morgan fingerprint density at radius 2 is 2.22 bits per heavy atom. The van der Waals surface area contributed by atoms with Crippen LogP contribution in [0.25, 0.3) is 0 Å². The monoisotopic (exact) mass is 374 g/mol. The molecule has 3 atom stereocenters. The van der Waals surface area contributed by atoms with Crippen LogP contribution in [0.2, 0.25) is 0 Å². The van der Waals surface area contributed by atoms with E-state index in [9.17, 15) is 15.0 Å². The van der Waals surface area contributed by atoms with Crippen LogP contribution in [0.5, 0.6) is 0 Å². The van der Waals surface area contributed by atoms with Crippen molar-refractivity contribution < 1.29 is 15.0 Å². The number of nitrogens with zero attached hydrogens (tertiary/aromatic N) is 5. The quantitative estimate of drug-likeness (QED) is 0.629. The van der Waals surface area contributed by atoms with Crippen molar-refractivity contribution in [2.24, 2.45) is 11.8 Å². The number of aromatic amines is 1. The summed E-state index contributed by atoms with van der Waals surface area (Å²) in [7, 11) is 0. The Balaban J connectivity index is 1.81. The van der Waals surface area contributed by atoms with Gasteiger partial charge in [-0.2, -0.15) is 5.21 Å². The number of H-pyrrole nitrogens is 1. The van der Waals surface area contributed by atoms with Crippen LogP contribution in [0.4, 0.5) is 5.82 Å². The Kier molecular flexibility index (Phi) is 6.00. The highest BCUT2D eigenvalue weighted by molar-refractivity contribution is 5.71. The third kappa shape index (κ3) is 4.24. The van der Waals surface area contributed by atoms with Crippen LogP contribution in [-0.4, -0.2) is 61.0 Å². The van der Waals surface area contributed by atoms with Gasteiger partial charge in [0.2, 0.25) is 0 Å². The zero-order chi connectivity index (χ0) is 19.4. The van der Waals surface area contributed by atoms with Crippen molar-refractivity contribution in [2.45, 2.75) is 45.1 Å². The van der Waals surface area contributed by atoms with E-state index in [0.717, 1.165) is 30.8 Å². The first-order valence-electron chi connectivity index (χ1n) is 9.29. The number of nitrogens with one attached hydrogen (secondary N) is 1. The second kappa shape index (κ2) is 8.43. The highest BCUT2D eigenvalue weighted by atomic mass is 16.4. The molecular weight excluding hydrogens is 348 g/mol. The number of aliphatic hydroxyl groups excluding tert-OH is 1. The molecule has 3 N–H and O–H groups in total. The van der Waals surface area contributed by atoms with E-state index in [1.54, 1.807) is 6.20 Å². The molecule has 1 fully saturated rings. The molecule has 2 aromatic rings. The first-order chi connectivity index (χ1) is 13.0. The van der Waals surface area contributed by atoms with Gasteiger partial charge in [-0.25, -0.2) is 4.98 Å². The smallest absolute Gasteiger partial charge is 0.307 e. The molecule has 9 heteroatoms. The van der Waals surface area contributed by atoms with Crippen LogP contribution in [0, 0.1) is 11.8 Å². The molecule has 3 heterocycles. The van der Waals surface area contributed by atoms with E-state index in [-0.39, 0.29) is 18.6 Å². The van der Waals surface area contributed by atoms with Crippen molar-refractivity contribution in [3.05, 3.63) is 29.7 Å². The molecule has 0 amide bonds. The fourth-order valence-electron chi connectivity index (χ4n) is 3.92. The van der Waals surface area contributed by atoms with E-state index in [1.165, 1.54) is 0 Å². The highest BCUT2D eigenvalue weighted by Crippen LogP contribution is 2.32. The van der Waals surface area contributed by atoms with E-state index in [1.807, 2.05) is 26.0 Å². The first kappa shape index (κ1) is 19.2. The SMILES string of the molecule is CC(C)C(C(=O)O)[C@H](Cc1ccc(N2CCC[C@H]2CO)nc1)c1nn[nH]n1. The lowest BCUT2D eigenvalue weighted by Gasteiger charge is -2.26. The van der Waals surface area contributed by atoms with Gasteiger partial charge in [-0.1, -0.05) is 25.1 Å². The van der Waals surface area contributed by atoms with Gasteiger partial charge in [-0.15, -0.1) is 10.2 Å². The van der Waals surface area contributed by atoms with Crippen molar-refractivity contribution in [3.8, 4) is 0 Å². The third-order valence-corrected chi connectivity index (χ3v) is 5.28. The number of carbonyl (C=O) groups is 1. The number of carboxylic acid groups (broad SMARTS) is 1. The number of tetrazole rings is 1. The molecule has 0 radical (unpaired) electrons. The van der Waals surface area contributed by atoms with E-state index < -0.39 is 17.8 Å². The average Bonchev–Trinajstić information content (AvgIpc) is 3.32. The van der Waals surface area contributed by atoms with Gasteiger partial charge < -0.3 is 15.1 Å². The Bertz CT molecular complexity index is 734. The topological polar surface area (TPSA) is 128 Å². The maximum atomic E-state index is 11.8. The normalized spacial score (nSPS) is 19.4. The summed E-state index contributed by atoms with van der Waals surface area (Å²) in [5, 5.41) is 33.3. The maximum Gasteiger partial charge on any atom is 0.307 e. The summed E-state index contributed by atoms with van der Waals surface area (Å²) in [6.07, 6.45) is 4.25. The Morgan fingerprint density at radius 3 is 2.78 bits per heavy atom. The predicted molar refractivity (Wildman–Crippen MR) is 98.3 cm³/mol. The maximum absolute atomic E-state index is 11.8. The number of carboxylic acids is 1. The minimum Gasteiger partial charge on any atom is -0.481 e. The summed E-state index contributed by atoms with van der Waals surface area (Å²) in [6.45, 7) is 4.78. The van der Waals surface area contributed by atoms with Gasteiger partial charge in [0.1, 0.15) is 5.82 Å². The molecule has 146 valence electrons. The number of rotatable bonds is 8. The first-order valence-corrected chi connectivity index (χ1v) is 9.29. The summed E-state index contributed by atoms with van der Waals surface area (Å²) in [4.78, 5) is 18.5. The zero-order valence-corrected chi connectivity index (χ0v) is 15.6. The lowest BCUT2D eigenvalue weighted by atomic mass is 9.79. The fraction of sp³-hybridized carbons (Fsp3) is 0.611. The van der Waals surface area contributed by atoms with Gasteiger partial charge in [0.05, 0.1) is 18.6 Å². The number of aliphatic hydroxyl groups is 1. The largest absolute Gasteiger partial charge is 0.481 e. The standard InChI is InChI=1S/C18H26N6O3/c1-11(2)16(18(26)27)14(17-20-22-23-21-17)8-12-5-6-15(19-9-12)24-7-3-4-13(24)10-25/h5-6,9,11,13-14,16,25H,3-4,7-8,10H2,1-2H3,(H,26,27)(H,20,21,22,23)/t13-,14-,16?/m0/s1. The fourth-order valence-corrected chi connectivity index (χ4v) is 3.92. The molecule has 2 aromatic heterocycles. The Morgan fingerprint density at radius 1 is 1.41 bits per heavy atom. The van der Waals surface area contributed by atoms with Crippen molar-refractivity contribution in [1.29, 1.82) is 0 Å². The third-order valence-electron chi connectivity index (χ3n) is 5.28. The molecule has 9 nitrogen and oxygen atoms in total. The van der Waals surface area contributed by atoms with Gasteiger partial charge in [-0.05, 0) is 36.8 Å². The average molecular weight is 374 g/mol. The Hall–Kier alpha value is -2.55. The van der Waals surface area contributed by atoms with Crippen LogP contribution in [0.3, 0.4) is 0 Å². The van der Waals surface area contributed by atoms with Gasteiger partial charge >= 0.3 is 5.97 Å². The van der Waals surface area contributed by atoms with Crippen LogP contribution in [0.1, 0.15) is 44.0 Å². The molecule has 0 aliphatic carbocycles. The molecule has 27 heavy (non-hydrogen) atoms. The van der Waals surface area contributed by atoms with E-state index in [0.29, 0.717) is 12.2 Å². The minimum absolute atomic E-state index is 0.0758. The molecule has 1 aliphatic rings. The second-order valence-corrected chi connectivity index (χ2v) is 7.39. The van der Waals surface area contributed by atoms with Crippen molar-refractivity contribution in [3.63, 3.8) is 0 Å². The van der Waals surface area contributed by atoms with Crippen LogP contribution in [0.15, 0.2) is 18.3 Å². The van der Waals surface area contributed by atoms with Crippen molar-refractivity contribution in [1.82, 2.24) is 25.6 Å². The van der Waals surface area contributed by atoms with Gasteiger partial charge in [0.15, 0.2) is 5.82 Å². The van der Waals surface area contributed by atoms with Crippen LogP contribution < -0.4 is 4.90 Å². The summed E-state index contributed by atoms with van der Waals surface area (Å²) in [6, 6.07) is 4.01. The second-order valence-electron chi connectivity index (χ2n) is 7.39. The molecular formula is C18H26N6O3. The summed E-state index contributed by atoms with van der Waals surface area (Å²) in [5.74, 6) is -0.726. The van der Waals surface area contributed by atoms with Crippen LogP contribution in [-0.2, 0) is 11.2 Å². The Labute approximate surface area is 157 Å². The van der Waals surface area contributed by atoms with Gasteiger partial charge in [0.25, 0.3) is 0 Å². The minimum atomic E-state index is -0.868. The van der Waals surface area contributed by atoms with Crippen LogP contribution >= 0.6 is 0 Å². The lowest BCUT2D eigenvalue weighted by molar-refractivity contribution is -0.144. The molecule has 3 rings (SSSR count). The summed E-state index contributed by atoms with van der Waals surface area (Å²) < 4.78 is 0. The summed E-state index contributed by atoms with van der Waals surface area (Å²) >= 11 is 0. The zero-order valence-electron chi connectivity index (χ0n) is 15.6. The van der Waals surface area contributed by atoms with E-state index in [4.69, 9.17) is 0 Å². The van der Waals surface area contributed by atoms with Crippen molar-refractivity contribution in [2.75, 3.05) is 18.1 Å². The lowest BCUT2D eigenvalue weighted by Crippen LogP contribution is -2.32. The van der Waals surface area contributed by atoms with E-state index >= 15 is 0 Å². The number of hydrogen-bond acceptors (Lipinski definition) is 7. The van der Waals surface area contributed by atoms with E-state index in [2.05, 4.69) is 30.5 Å². The number of anilines is 1. The van der Waals surface area contributed by atoms with Crippen molar-refractivity contribution >= 4 is 11.8 Å². The highest BCUT2D eigenvalue weighted by Gasteiger charge is 2.35. The predicted octanol–water partition coefficient (Wildman–Crippen LogP) is 1.24. The summed E-state index contributed by atoms with van der Waals surface area (Å²) in [5.41, 5.74) is 0.917. The molecule has 1 unspecified atom stereocenters. The molecule has 0 spiro atoms. The molecule has 0 saturated carbocycles. The molecule has 1 saturated heterocycles. The molecule has 0 aromatic carbocycles. The number of hydrogen-bond donors (Lipinski definition) is 3. The molecule has 0 bridgehead atoms. The molecule has 1 aliphatic heterocycles. The number of aliphatic carboxylic acids is 1. The number of aromatic nitrogens is 5. The number of pyridine rings is 1.